The molecule has 1 aromatic carbocycles. The summed E-state index contributed by atoms with van der Waals surface area (Å²) in [5.41, 5.74) is 6.74. The maximum atomic E-state index is 6.03. The van der Waals surface area contributed by atoms with Gasteiger partial charge in [-0.05, 0) is 30.7 Å². The second kappa shape index (κ2) is 6.24. The molecule has 0 aliphatic heterocycles. The van der Waals surface area contributed by atoms with Gasteiger partial charge in [0.05, 0.1) is 16.9 Å². The molecule has 0 unspecified atom stereocenters. The SMILES string of the molecule is CC[C@@H](N)c1ccc(Oc2cc(Cl)ccc2Cl)cn1. The molecule has 0 aliphatic rings. The van der Waals surface area contributed by atoms with E-state index in [9.17, 15) is 0 Å². The van der Waals surface area contributed by atoms with Gasteiger partial charge in [-0.1, -0.05) is 30.1 Å². The van der Waals surface area contributed by atoms with Crippen molar-refractivity contribution in [1.82, 2.24) is 4.98 Å². The number of benzene rings is 1. The van der Waals surface area contributed by atoms with E-state index in [0.717, 1.165) is 12.1 Å². The zero-order chi connectivity index (χ0) is 13.8. The number of pyridine rings is 1. The number of aromatic nitrogens is 1. The minimum absolute atomic E-state index is 0.0520. The van der Waals surface area contributed by atoms with Gasteiger partial charge in [0.1, 0.15) is 11.5 Å². The zero-order valence-electron chi connectivity index (χ0n) is 10.4. The van der Waals surface area contributed by atoms with Crippen molar-refractivity contribution in [2.24, 2.45) is 5.73 Å². The van der Waals surface area contributed by atoms with E-state index in [1.807, 2.05) is 19.1 Å². The monoisotopic (exact) mass is 296 g/mol. The predicted molar refractivity (Wildman–Crippen MR) is 78.0 cm³/mol. The van der Waals surface area contributed by atoms with E-state index in [1.54, 1.807) is 24.4 Å². The molecule has 2 aromatic rings. The molecule has 19 heavy (non-hydrogen) atoms. The van der Waals surface area contributed by atoms with Crippen LogP contribution in [0.5, 0.6) is 11.5 Å². The normalized spacial score (nSPS) is 12.2. The molecule has 1 atom stereocenters. The number of hydrogen-bond acceptors (Lipinski definition) is 3. The highest BCUT2D eigenvalue weighted by molar-refractivity contribution is 6.34. The van der Waals surface area contributed by atoms with E-state index in [4.69, 9.17) is 33.7 Å². The maximum absolute atomic E-state index is 6.03. The predicted octanol–water partition coefficient (Wildman–Crippen LogP) is 4.59. The van der Waals surface area contributed by atoms with E-state index in [2.05, 4.69) is 4.98 Å². The van der Waals surface area contributed by atoms with Crippen molar-refractivity contribution < 1.29 is 4.74 Å². The molecule has 0 saturated heterocycles. The van der Waals surface area contributed by atoms with Crippen molar-refractivity contribution >= 4 is 23.2 Å². The first kappa shape index (κ1) is 14.1. The van der Waals surface area contributed by atoms with Crippen LogP contribution in [0, 0.1) is 0 Å². The molecule has 100 valence electrons. The summed E-state index contributed by atoms with van der Waals surface area (Å²) in [6.07, 6.45) is 2.47. The lowest BCUT2D eigenvalue weighted by Crippen LogP contribution is -2.10. The Morgan fingerprint density at radius 2 is 2.05 bits per heavy atom. The summed E-state index contributed by atoms with van der Waals surface area (Å²) in [6, 6.07) is 8.67. The van der Waals surface area contributed by atoms with Crippen LogP contribution in [0.1, 0.15) is 25.1 Å². The molecule has 1 heterocycles. The first-order valence-electron chi connectivity index (χ1n) is 5.94. The number of halogens is 2. The Hall–Kier alpha value is -1.29. The molecule has 0 bridgehead atoms. The Labute approximate surface area is 122 Å². The van der Waals surface area contributed by atoms with Crippen LogP contribution in [-0.4, -0.2) is 4.98 Å². The Morgan fingerprint density at radius 3 is 2.68 bits per heavy atom. The fraction of sp³-hybridized carbons (Fsp3) is 0.214. The molecular weight excluding hydrogens is 283 g/mol. The summed E-state index contributed by atoms with van der Waals surface area (Å²) >= 11 is 11.9. The van der Waals surface area contributed by atoms with Crippen molar-refractivity contribution in [3.63, 3.8) is 0 Å². The Bertz CT molecular complexity index is 558. The molecule has 2 N–H and O–H groups in total. The van der Waals surface area contributed by atoms with Crippen molar-refractivity contribution in [3.8, 4) is 11.5 Å². The van der Waals surface area contributed by atoms with Crippen molar-refractivity contribution in [3.05, 3.63) is 52.3 Å². The van der Waals surface area contributed by atoms with Gasteiger partial charge in [0.15, 0.2) is 0 Å². The van der Waals surface area contributed by atoms with Gasteiger partial charge in [-0.2, -0.15) is 0 Å². The molecule has 1 aromatic heterocycles. The van der Waals surface area contributed by atoms with Crippen molar-refractivity contribution in [2.45, 2.75) is 19.4 Å². The van der Waals surface area contributed by atoms with E-state index in [1.165, 1.54) is 0 Å². The number of nitrogens with zero attached hydrogens (tertiary/aromatic N) is 1. The average Bonchev–Trinajstić information content (AvgIpc) is 2.43. The van der Waals surface area contributed by atoms with Crippen LogP contribution in [0.4, 0.5) is 0 Å². The molecule has 0 fully saturated rings. The summed E-state index contributed by atoms with van der Waals surface area (Å²) in [5.74, 6) is 1.10. The smallest absolute Gasteiger partial charge is 0.147 e. The minimum Gasteiger partial charge on any atom is -0.454 e. The van der Waals surface area contributed by atoms with Crippen LogP contribution in [0.3, 0.4) is 0 Å². The van der Waals surface area contributed by atoms with Gasteiger partial charge >= 0.3 is 0 Å². The molecule has 0 radical (unpaired) electrons. The van der Waals surface area contributed by atoms with E-state index >= 15 is 0 Å². The van der Waals surface area contributed by atoms with Crippen LogP contribution in [-0.2, 0) is 0 Å². The van der Waals surface area contributed by atoms with Gasteiger partial charge in [0, 0.05) is 17.1 Å². The standard InChI is InChI=1S/C14H14Cl2N2O/c1-2-12(17)13-6-4-10(8-18-13)19-14-7-9(15)3-5-11(14)16/h3-8,12H,2,17H2,1H3/t12-/m1/s1. The second-order valence-corrected chi connectivity index (χ2v) is 4.95. The average molecular weight is 297 g/mol. The van der Waals surface area contributed by atoms with Crippen LogP contribution < -0.4 is 10.5 Å². The highest BCUT2D eigenvalue weighted by Gasteiger charge is 2.07. The Kier molecular flexibility index (Phi) is 4.64. The van der Waals surface area contributed by atoms with Crippen molar-refractivity contribution in [2.75, 3.05) is 0 Å². The number of nitrogens with two attached hydrogens (primary N) is 1. The third kappa shape index (κ3) is 3.60. The summed E-state index contributed by atoms with van der Waals surface area (Å²) < 4.78 is 5.64. The maximum Gasteiger partial charge on any atom is 0.147 e. The second-order valence-electron chi connectivity index (χ2n) is 4.11. The summed E-state index contributed by atoms with van der Waals surface area (Å²) in [6.45, 7) is 2.02. The lowest BCUT2D eigenvalue weighted by Gasteiger charge is -2.10. The molecule has 0 amide bonds. The largest absolute Gasteiger partial charge is 0.454 e. The van der Waals surface area contributed by atoms with Crippen LogP contribution >= 0.6 is 23.2 Å². The molecule has 2 rings (SSSR count). The first-order valence-corrected chi connectivity index (χ1v) is 6.70. The van der Waals surface area contributed by atoms with Crippen LogP contribution in [0.15, 0.2) is 36.5 Å². The number of rotatable bonds is 4. The lowest BCUT2D eigenvalue weighted by molar-refractivity contribution is 0.479. The fourth-order valence-corrected chi connectivity index (χ4v) is 1.88. The Morgan fingerprint density at radius 1 is 1.26 bits per heavy atom. The summed E-state index contributed by atoms with van der Waals surface area (Å²) in [7, 11) is 0. The first-order chi connectivity index (χ1) is 9.10. The van der Waals surface area contributed by atoms with Gasteiger partial charge in [0.2, 0.25) is 0 Å². The van der Waals surface area contributed by atoms with Gasteiger partial charge < -0.3 is 10.5 Å². The quantitative estimate of drug-likeness (QED) is 0.897. The number of hydrogen-bond donors (Lipinski definition) is 1. The third-order valence-corrected chi connectivity index (χ3v) is 3.25. The fourth-order valence-electron chi connectivity index (χ4n) is 1.56. The van der Waals surface area contributed by atoms with Crippen molar-refractivity contribution in [1.29, 1.82) is 0 Å². The molecule has 0 aliphatic carbocycles. The highest BCUT2D eigenvalue weighted by atomic mass is 35.5. The van der Waals surface area contributed by atoms with Gasteiger partial charge in [0.25, 0.3) is 0 Å². The van der Waals surface area contributed by atoms with E-state index in [0.29, 0.717) is 21.5 Å². The summed E-state index contributed by atoms with van der Waals surface area (Å²) in [4.78, 5) is 4.27. The van der Waals surface area contributed by atoms with Crippen LogP contribution in [0.25, 0.3) is 0 Å². The van der Waals surface area contributed by atoms with E-state index < -0.39 is 0 Å². The van der Waals surface area contributed by atoms with Gasteiger partial charge in [-0.3, -0.25) is 4.98 Å². The summed E-state index contributed by atoms with van der Waals surface area (Å²) in [5, 5.41) is 1.07. The molecule has 0 saturated carbocycles. The topological polar surface area (TPSA) is 48.1 Å². The zero-order valence-corrected chi connectivity index (χ0v) is 11.9. The Balaban J connectivity index is 2.17. The third-order valence-electron chi connectivity index (χ3n) is 2.70. The van der Waals surface area contributed by atoms with Gasteiger partial charge in [-0.15, -0.1) is 0 Å². The molecule has 3 nitrogen and oxygen atoms in total. The van der Waals surface area contributed by atoms with Gasteiger partial charge in [-0.25, -0.2) is 0 Å². The highest BCUT2D eigenvalue weighted by Crippen LogP contribution is 2.31. The number of ether oxygens (including phenoxy) is 1. The molecule has 5 heteroatoms. The van der Waals surface area contributed by atoms with E-state index in [-0.39, 0.29) is 6.04 Å². The molecule has 0 spiro atoms. The lowest BCUT2D eigenvalue weighted by atomic mass is 10.1. The minimum atomic E-state index is -0.0520. The van der Waals surface area contributed by atoms with Crippen LogP contribution in [0.2, 0.25) is 10.0 Å². The molecular formula is C14H14Cl2N2O.